The van der Waals surface area contributed by atoms with E-state index in [9.17, 15) is 9.59 Å². The normalized spacial score (nSPS) is 17.8. The van der Waals surface area contributed by atoms with Gasteiger partial charge in [0.25, 0.3) is 11.8 Å². The van der Waals surface area contributed by atoms with Crippen LogP contribution in [0.2, 0.25) is 5.02 Å². The fourth-order valence-corrected chi connectivity index (χ4v) is 4.91. The lowest BCUT2D eigenvalue weighted by atomic mass is 9.85. The van der Waals surface area contributed by atoms with Crippen LogP contribution >= 0.6 is 11.6 Å². The summed E-state index contributed by atoms with van der Waals surface area (Å²) in [4.78, 5) is 41.1. The van der Waals surface area contributed by atoms with Crippen molar-refractivity contribution < 1.29 is 9.59 Å². The minimum Gasteiger partial charge on any atom is -0.347 e. The minimum absolute atomic E-state index is 0.0717. The van der Waals surface area contributed by atoms with E-state index < -0.39 is 0 Å². The first-order chi connectivity index (χ1) is 17.0. The van der Waals surface area contributed by atoms with E-state index in [1.807, 2.05) is 54.3 Å². The number of hydrogen-bond acceptors (Lipinski definition) is 5. The molecular weight excluding hydrogens is 462 g/mol. The van der Waals surface area contributed by atoms with Gasteiger partial charge in [-0.3, -0.25) is 24.5 Å². The molecule has 0 spiro atoms. The molecule has 0 bridgehead atoms. The zero-order valence-electron chi connectivity index (χ0n) is 19.2. The Kier molecular flexibility index (Phi) is 6.42. The maximum absolute atomic E-state index is 13.5. The summed E-state index contributed by atoms with van der Waals surface area (Å²) in [6.45, 7) is 2.84. The number of piperidine rings is 1. The summed E-state index contributed by atoms with van der Waals surface area (Å²) in [5.41, 5.74) is 3.93. The number of carbonyl (C=O) groups excluding carboxylic acids is 2. The number of pyridine rings is 1. The van der Waals surface area contributed by atoms with Gasteiger partial charge in [-0.05, 0) is 42.7 Å². The maximum atomic E-state index is 13.5. The molecule has 176 valence electrons. The number of hydrogen-bond donors (Lipinski definition) is 1. The summed E-state index contributed by atoms with van der Waals surface area (Å²) in [6, 6.07) is 16.9. The Bertz CT molecular complexity index is 1390. The minimum atomic E-state index is -0.200. The number of likely N-dealkylation sites (tertiary alicyclic amines) is 1. The molecule has 0 aliphatic carbocycles. The third-order valence-electron chi connectivity index (χ3n) is 6.44. The summed E-state index contributed by atoms with van der Waals surface area (Å²) in [6.07, 6.45) is 5.39. The topological polar surface area (TPSA) is 88.1 Å². The van der Waals surface area contributed by atoms with Gasteiger partial charge in [0.2, 0.25) is 0 Å². The molecule has 0 radical (unpaired) electrons. The quantitative estimate of drug-likeness (QED) is 0.462. The van der Waals surface area contributed by atoms with Crippen LogP contribution in [0.4, 0.5) is 0 Å². The van der Waals surface area contributed by atoms with E-state index in [0.29, 0.717) is 46.8 Å². The third kappa shape index (κ3) is 4.72. The van der Waals surface area contributed by atoms with Crippen LogP contribution < -0.4 is 5.32 Å². The maximum Gasteiger partial charge on any atom is 0.270 e. The average Bonchev–Trinajstić information content (AvgIpc) is 2.89. The van der Waals surface area contributed by atoms with Gasteiger partial charge in [-0.1, -0.05) is 48.0 Å². The Balaban J connectivity index is 1.41. The lowest BCUT2D eigenvalue weighted by Gasteiger charge is -2.39. The molecule has 5 rings (SSSR count). The highest BCUT2D eigenvalue weighted by Gasteiger charge is 2.34. The number of nitrogens with one attached hydrogen (secondary N) is 1. The molecule has 0 saturated carbocycles. The zero-order chi connectivity index (χ0) is 24.4. The van der Waals surface area contributed by atoms with Gasteiger partial charge in [0, 0.05) is 49.2 Å². The van der Waals surface area contributed by atoms with Crippen molar-refractivity contribution in [2.75, 3.05) is 13.1 Å². The molecule has 1 fully saturated rings. The summed E-state index contributed by atoms with van der Waals surface area (Å²) in [7, 11) is 0. The van der Waals surface area contributed by atoms with Crippen LogP contribution in [-0.2, 0) is 0 Å². The standard InChI is InChI=1S/C27H24ClN5O2/c1-17-6-5-10-30-24(17)26(34)32-22-9-13-33(16-20(22)18-7-3-2-4-8-18)27(35)19-14-21(28)25-23(15-19)29-11-12-31-25/h2-8,10-12,14-15,20,22H,9,13,16H2,1H3,(H,32,34)/t20-,22-/m1/s1. The van der Waals surface area contributed by atoms with Gasteiger partial charge in [0.15, 0.2) is 0 Å². The molecule has 2 amide bonds. The number of fused-ring (bicyclic) bond motifs is 1. The fourth-order valence-electron chi connectivity index (χ4n) is 4.65. The van der Waals surface area contributed by atoms with Crippen LogP contribution in [0.25, 0.3) is 11.0 Å². The summed E-state index contributed by atoms with van der Waals surface area (Å²) in [5, 5.41) is 3.57. The van der Waals surface area contributed by atoms with Gasteiger partial charge >= 0.3 is 0 Å². The Labute approximate surface area is 208 Å². The van der Waals surface area contributed by atoms with Crippen molar-refractivity contribution in [3.05, 3.63) is 101 Å². The zero-order valence-corrected chi connectivity index (χ0v) is 19.9. The first-order valence-corrected chi connectivity index (χ1v) is 11.9. The molecule has 2 atom stereocenters. The van der Waals surface area contributed by atoms with Crippen molar-refractivity contribution in [2.45, 2.75) is 25.3 Å². The van der Waals surface area contributed by atoms with Crippen molar-refractivity contribution in [3.63, 3.8) is 0 Å². The smallest absolute Gasteiger partial charge is 0.270 e. The van der Waals surface area contributed by atoms with Crippen LogP contribution in [0.15, 0.2) is 73.2 Å². The molecule has 4 aromatic rings. The van der Waals surface area contributed by atoms with Crippen molar-refractivity contribution in [2.24, 2.45) is 0 Å². The lowest BCUT2D eigenvalue weighted by molar-refractivity contribution is 0.0671. The van der Waals surface area contributed by atoms with Crippen LogP contribution in [-0.4, -0.2) is 50.8 Å². The molecule has 7 nitrogen and oxygen atoms in total. The van der Waals surface area contributed by atoms with Crippen LogP contribution in [0.1, 0.15) is 44.3 Å². The van der Waals surface area contributed by atoms with E-state index in [0.717, 1.165) is 11.1 Å². The van der Waals surface area contributed by atoms with E-state index in [-0.39, 0.29) is 23.8 Å². The van der Waals surface area contributed by atoms with Crippen LogP contribution in [0.5, 0.6) is 0 Å². The van der Waals surface area contributed by atoms with E-state index in [2.05, 4.69) is 20.3 Å². The van der Waals surface area contributed by atoms with Gasteiger partial charge in [-0.15, -0.1) is 0 Å². The average molecular weight is 486 g/mol. The van der Waals surface area contributed by atoms with E-state index >= 15 is 0 Å². The van der Waals surface area contributed by atoms with E-state index in [1.165, 1.54) is 0 Å². The number of carbonyl (C=O) groups is 2. The highest BCUT2D eigenvalue weighted by Crippen LogP contribution is 2.30. The van der Waals surface area contributed by atoms with Gasteiger partial charge in [0.1, 0.15) is 11.2 Å². The number of benzene rings is 2. The van der Waals surface area contributed by atoms with E-state index in [4.69, 9.17) is 11.6 Å². The Morgan fingerprint density at radius 3 is 2.60 bits per heavy atom. The second-order valence-electron chi connectivity index (χ2n) is 8.69. The summed E-state index contributed by atoms with van der Waals surface area (Å²) in [5.74, 6) is -0.392. The van der Waals surface area contributed by atoms with Crippen molar-refractivity contribution in [1.82, 2.24) is 25.2 Å². The molecule has 1 aliphatic heterocycles. The number of amides is 2. The Morgan fingerprint density at radius 2 is 1.80 bits per heavy atom. The molecule has 0 unspecified atom stereocenters. The van der Waals surface area contributed by atoms with Crippen molar-refractivity contribution in [1.29, 1.82) is 0 Å². The highest BCUT2D eigenvalue weighted by molar-refractivity contribution is 6.35. The lowest BCUT2D eigenvalue weighted by Crippen LogP contribution is -2.51. The number of nitrogens with zero attached hydrogens (tertiary/aromatic N) is 4. The largest absolute Gasteiger partial charge is 0.347 e. The fraction of sp³-hybridized carbons (Fsp3) is 0.222. The predicted molar refractivity (Wildman–Crippen MR) is 134 cm³/mol. The first kappa shape index (κ1) is 22.9. The second-order valence-corrected chi connectivity index (χ2v) is 9.10. The SMILES string of the molecule is Cc1cccnc1C(=O)N[C@@H]1CCN(C(=O)c2cc(Cl)c3nccnc3c2)C[C@@H]1c1ccccc1. The van der Waals surface area contributed by atoms with Crippen molar-refractivity contribution >= 4 is 34.4 Å². The number of rotatable bonds is 4. The van der Waals surface area contributed by atoms with Gasteiger partial charge in [0.05, 0.1) is 10.5 Å². The molecular formula is C27H24ClN5O2. The van der Waals surface area contributed by atoms with Gasteiger partial charge in [-0.25, -0.2) is 0 Å². The molecule has 3 heterocycles. The van der Waals surface area contributed by atoms with Gasteiger partial charge < -0.3 is 10.2 Å². The molecule has 1 aliphatic rings. The number of aromatic nitrogens is 3. The highest BCUT2D eigenvalue weighted by atomic mass is 35.5. The molecule has 1 N–H and O–H groups in total. The molecule has 8 heteroatoms. The molecule has 2 aromatic carbocycles. The summed E-state index contributed by atoms with van der Waals surface area (Å²) >= 11 is 6.39. The molecule has 35 heavy (non-hydrogen) atoms. The Morgan fingerprint density at radius 1 is 1.00 bits per heavy atom. The second kappa shape index (κ2) is 9.80. The van der Waals surface area contributed by atoms with E-state index in [1.54, 1.807) is 30.7 Å². The summed E-state index contributed by atoms with van der Waals surface area (Å²) < 4.78 is 0. The van der Waals surface area contributed by atoms with Crippen LogP contribution in [0, 0.1) is 6.92 Å². The van der Waals surface area contributed by atoms with Crippen LogP contribution in [0.3, 0.4) is 0 Å². The monoisotopic (exact) mass is 485 g/mol. The van der Waals surface area contributed by atoms with Gasteiger partial charge in [-0.2, -0.15) is 0 Å². The molecule has 1 saturated heterocycles. The first-order valence-electron chi connectivity index (χ1n) is 11.5. The van der Waals surface area contributed by atoms with Crippen molar-refractivity contribution in [3.8, 4) is 0 Å². The third-order valence-corrected chi connectivity index (χ3v) is 6.73. The Hall–Kier alpha value is -3.84. The predicted octanol–water partition coefficient (Wildman–Crippen LogP) is 4.41. The number of aryl methyl sites for hydroxylation is 1. The number of halogens is 1. The molecule has 2 aromatic heterocycles.